The zero-order valence-electron chi connectivity index (χ0n) is 19.2. The fraction of sp³-hybridized carbons (Fsp3) is 0.464. The number of ether oxygens (including phenoxy) is 1. The lowest BCUT2D eigenvalue weighted by molar-refractivity contribution is -0.143. The summed E-state index contributed by atoms with van der Waals surface area (Å²) in [6.45, 7) is 2.62. The maximum Gasteiger partial charge on any atom is 0.305 e. The second-order valence-corrected chi connectivity index (χ2v) is 7.62. The van der Waals surface area contributed by atoms with E-state index in [1.54, 1.807) is 12.1 Å². The zero-order chi connectivity index (χ0) is 22.4. The van der Waals surface area contributed by atoms with E-state index >= 15 is 0 Å². The molecule has 0 aliphatic carbocycles. The van der Waals surface area contributed by atoms with Crippen molar-refractivity contribution in [2.45, 2.75) is 77.6 Å². The molecule has 0 aromatic heterocycles. The monoisotopic (exact) mass is 424 g/mol. The van der Waals surface area contributed by atoms with Gasteiger partial charge in [-0.05, 0) is 62.6 Å². The molecular weight excluding hydrogens is 384 g/mol. The number of aromatic hydroxyl groups is 1. The van der Waals surface area contributed by atoms with E-state index in [-0.39, 0.29) is 11.7 Å². The number of allylic oxidation sites excluding steroid dienone is 8. The van der Waals surface area contributed by atoms with Crippen molar-refractivity contribution >= 4 is 5.97 Å². The summed E-state index contributed by atoms with van der Waals surface area (Å²) in [4.78, 5) is 11.7. The highest BCUT2D eigenvalue weighted by atomic mass is 16.5. The van der Waals surface area contributed by atoms with Gasteiger partial charge in [-0.25, -0.2) is 0 Å². The van der Waals surface area contributed by atoms with Crippen LogP contribution in [-0.2, 0) is 16.0 Å². The molecule has 0 atom stereocenters. The van der Waals surface area contributed by atoms with Crippen molar-refractivity contribution in [2.75, 3.05) is 6.61 Å². The minimum atomic E-state index is -0.144. The van der Waals surface area contributed by atoms with Gasteiger partial charge >= 0.3 is 5.97 Å². The highest BCUT2D eigenvalue weighted by molar-refractivity contribution is 5.69. The molecule has 0 saturated carbocycles. The van der Waals surface area contributed by atoms with Crippen LogP contribution in [0.1, 0.15) is 76.7 Å². The Labute approximate surface area is 189 Å². The predicted octanol–water partition coefficient (Wildman–Crippen LogP) is 7.62. The first-order chi connectivity index (χ1) is 15.2. The molecule has 1 aromatic carbocycles. The number of carbonyl (C=O) groups excluding carboxylic acids is 1. The van der Waals surface area contributed by atoms with E-state index in [0.29, 0.717) is 19.4 Å². The quantitative estimate of drug-likeness (QED) is 0.159. The molecule has 3 nitrogen and oxygen atoms in total. The summed E-state index contributed by atoms with van der Waals surface area (Å²) in [5, 5.41) is 9.25. The lowest BCUT2D eigenvalue weighted by atomic mass is 10.1. The maximum atomic E-state index is 11.7. The first-order valence-electron chi connectivity index (χ1n) is 11.8. The van der Waals surface area contributed by atoms with Gasteiger partial charge in [0.1, 0.15) is 5.75 Å². The van der Waals surface area contributed by atoms with Crippen LogP contribution >= 0.6 is 0 Å². The third kappa shape index (κ3) is 16.9. The average Bonchev–Trinajstić information content (AvgIpc) is 2.77. The number of phenolic OH excluding ortho intramolecular Hbond substituents is 1. The van der Waals surface area contributed by atoms with Crippen molar-refractivity contribution in [2.24, 2.45) is 0 Å². The largest absolute Gasteiger partial charge is 0.508 e. The Balaban J connectivity index is 1.94. The molecule has 0 radical (unpaired) electrons. The Morgan fingerprint density at radius 3 is 1.94 bits per heavy atom. The molecular formula is C28H40O3. The van der Waals surface area contributed by atoms with Crippen molar-refractivity contribution in [3.63, 3.8) is 0 Å². The van der Waals surface area contributed by atoms with Crippen molar-refractivity contribution in [1.82, 2.24) is 0 Å². The lowest BCUT2D eigenvalue weighted by Crippen LogP contribution is -2.07. The molecule has 0 aliphatic rings. The summed E-state index contributed by atoms with van der Waals surface area (Å²) in [5.74, 6) is 0.104. The smallest absolute Gasteiger partial charge is 0.305 e. The summed E-state index contributed by atoms with van der Waals surface area (Å²) in [6.07, 6.45) is 28.5. The first kappa shape index (κ1) is 26.5. The maximum absolute atomic E-state index is 11.7. The average molecular weight is 425 g/mol. The van der Waals surface area contributed by atoms with Crippen LogP contribution in [0.4, 0.5) is 0 Å². The topological polar surface area (TPSA) is 46.5 Å². The van der Waals surface area contributed by atoms with E-state index in [0.717, 1.165) is 37.7 Å². The highest BCUT2D eigenvalue weighted by Gasteiger charge is 2.02. The van der Waals surface area contributed by atoms with E-state index in [1.807, 2.05) is 12.1 Å². The minimum Gasteiger partial charge on any atom is -0.508 e. The zero-order valence-corrected chi connectivity index (χ0v) is 19.2. The Kier molecular flexibility index (Phi) is 16.6. The van der Waals surface area contributed by atoms with E-state index in [9.17, 15) is 9.90 Å². The first-order valence-corrected chi connectivity index (χ1v) is 11.8. The van der Waals surface area contributed by atoms with Gasteiger partial charge in [0.05, 0.1) is 6.61 Å². The van der Waals surface area contributed by atoms with Gasteiger partial charge in [0.15, 0.2) is 0 Å². The van der Waals surface area contributed by atoms with Gasteiger partial charge in [0.2, 0.25) is 0 Å². The Bertz CT molecular complexity index is 681. The lowest BCUT2D eigenvalue weighted by Gasteiger charge is -2.04. The van der Waals surface area contributed by atoms with Crippen molar-refractivity contribution < 1.29 is 14.6 Å². The molecule has 0 fully saturated rings. The second kappa shape index (κ2) is 19.4. The number of carbonyl (C=O) groups is 1. The van der Waals surface area contributed by atoms with Crippen LogP contribution in [0.3, 0.4) is 0 Å². The van der Waals surface area contributed by atoms with Gasteiger partial charge in [0, 0.05) is 12.8 Å². The highest BCUT2D eigenvalue weighted by Crippen LogP contribution is 2.10. The second-order valence-electron chi connectivity index (χ2n) is 7.62. The number of rotatable bonds is 17. The van der Waals surface area contributed by atoms with E-state index < -0.39 is 0 Å². The molecule has 1 rings (SSSR count). The molecule has 0 amide bonds. The SMILES string of the molecule is CCCCC/C=C\C/C=C\C/C=C\C/C=C\CCCC(=O)OCCc1ccc(O)cc1. The van der Waals surface area contributed by atoms with Crippen LogP contribution in [0.25, 0.3) is 0 Å². The van der Waals surface area contributed by atoms with Crippen LogP contribution in [0.15, 0.2) is 72.9 Å². The number of hydrogen-bond acceptors (Lipinski definition) is 3. The molecule has 0 saturated heterocycles. The number of hydrogen-bond donors (Lipinski definition) is 1. The van der Waals surface area contributed by atoms with Crippen LogP contribution in [0.5, 0.6) is 5.75 Å². The molecule has 1 N–H and O–H groups in total. The molecule has 3 heteroatoms. The molecule has 0 spiro atoms. The number of benzene rings is 1. The molecule has 170 valence electrons. The van der Waals surface area contributed by atoms with Gasteiger partial charge in [-0.3, -0.25) is 4.79 Å². The number of phenols is 1. The van der Waals surface area contributed by atoms with Crippen molar-refractivity contribution in [1.29, 1.82) is 0 Å². The summed E-state index contributed by atoms with van der Waals surface area (Å²) in [7, 11) is 0. The molecule has 0 bridgehead atoms. The predicted molar refractivity (Wildman–Crippen MR) is 131 cm³/mol. The van der Waals surface area contributed by atoms with Gasteiger partial charge < -0.3 is 9.84 Å². The standard InChI is InChI=1S/C28H40O3/c1-2-3-4-5-6-7-8-9-10-11-12-13-14-15-16-17-18-19-28(30)31-25-24-26-20-22-27(29)23-21-26/h6-7,9-10,12-13,15-16,20-23,29H,2-5,8,11,14,17-19,24-25H2,1H3/b7-6-,10-9-,13-12-,16-15-. The third-order valence-electron chi connectivity index (χ3n) is 4.80. The van der Waals surface area contributed by atoms with Crippen molar-refractivity contribution in [3.05, 3.63) is 78.4 Å². The summed E-state index contributed by atoms with van der Waals surface area (Å²) < 4.78 is 5.26. The van der Waals surface area contributed by atoms with Crippen LogP contribution in [0, 0.1) is 0 Å². The molecule has 0 unspecified atom stereocenters. The van der Waals surface area contributed by atoms with Crippen LogP contribution in [0.2, 0.25) is 0 Å². The van der Waals surface area contributed by atoms with Gasteiger partial charge in [-0.1, -0.05) is 80.5 Å². The Morgan fingerprint density at radius 2 is 1.35 bits per heavy atom. The number of esters is 1. The summed E-state index contributed by atoms with van der Waals surface area (Å²) in [6, 6.07) is 6.97. The van der Waals surface area contributed by atoms with E-state index in [4.69, 9.17) is 4.74 Å². The Hall–Kier alpha value is -2.55. The van der Waals surface area contributed by atoms with Crippen LogP contribution < -0.4 is 0 Å². The van der Waals surface area contributed by atoms with Gasteiger partial charge in [0.25, 0.3) is 0 Å². The summed E-state index contributed by atoms with van der Waals surface area (Å²) >= 11 is 0. The molecule has 31 heavy (non-hydrogen) atoms. The van der Waals surface area contributed by atoms with E-state index in [1.165, 1.54) is 25.7 Å². The molecule has 1 aromatic rings. The fourth-order valence-electron chi connectivity index (χ4n) is 2.94. The van der Waals surface area contributed by atoms with Crippen molar-refractivity contribution in [3.8, 4) is 5.75 Å². The fourth-order valence-corrected chi connectivity index (χ4v) is 2.94. The van der Waals surface area contributed by atoms with Gasteiger partial charge in [-0.15, -0.1) is 0 Å². The van der Waals surface area contributed by atoms with Gasteiger partial charge in [-0.2, -0.15) is 0 Å². The minimum absolute atomic E-state index is 0.144. The normalized spacial score (nSPS) is 12.0. The Morgan fingerprint density at radius 1 is 0.806 bits per heavy atom. The molecule has 0 aliphatic heterocycles. The summed E-state index contributed by atoms with van der Waals surface area (Å²) in [5.41, 5.74) is 1.05. The number of unbranched alkanes of at least 4 members (excludes halogenated alkanes) is 4. The third-order valence-corrected chi connectivity index (χ3v) is 4.80. The van der Waals surface area contributed by atoms with Crippen LogP contribution in [-0.4, -0.2) is 17.7 Å². The molecule has 0 heterocycles. The van der Waals surface area contributed by atoms with E-state index in [2.05, 4.69) is 55.5 Å².